The lowest BCUT2D eigenvalue weighted by molar-refractivity contribution is -0.274. The van der Waals surface area contributed by atoms with Gasteiger partial charge in [0.2, 0.25) is 0 Å². The van der Waals surface area contributed by atoms with Crippen LogP contribution in [0.4, 0.5) is 13.2 Å². The lowest BCUT2D eigenvalue weighted by Gasteiger charge is -2.08. The fraction of sp³-hybridized carbons (Fsp3) is 0.250. The van der Waals surface area contributed by atoms with E-state index in [-0.39, 0.29) is 5.75 Å². The van der Waals surface area contributed by atoms with Crippen molar-refractivity contribution < 1.29 is 17.9 Å². The van der Waals surface area contributed by atoms with E-state index in [0.29, 0.717) is 6.54 Å². The third-order valence-corrected chi connectivity index (χ3v) is 2.37. The van der Waals surface area contributed by atoms with Crippen LogP contribution in [-0.4, -0.2) is 23.4 Å². The van der Waals surface area contributed by atoms with E-state index >= 15 is 0 Å². The van der Waals surface area contributed by atoms with E-state index in [9.17, 15) is 13.2 Å². The van der Waals surface area contributed by atoms with Crippen molar-refractivity contribution in [1.29, 1.82) is 0 Å². The average Bonchev–Trinajstić information content (AvgIpc) is 2.77. The van der Waals surface area contributed by atoms with E-state index in [1.807, 2.05) is 0 Å². The van der Waals surface area contributed by atoms with Crippen LogP contribution >= 0.6 is 0 Å². The molecule has 0 bridgehead atoms. The lowest BCUT2D eigenvalue weighted by atomic mass is 10.2. The second-order valence-corrected chi connectivity index (χ2v) is 3.85. The first-order valence-corrected chi connectivity index (χ1v) is 5.52. The Kier molecular flexibility index (Phi) is 3.75. The van der Waals surface area contributed by atoms with Crippen molar-refractivity contribution >= 4 is 0 Å². The number of aromatic amines is 1. The lowest BCUT2D eigenvalue weighted by Crippen LogP contribution is -2.16. The van der Waals surface area contributed by atoms with Gasteiger partial charge < -0.3 is 15.0 Å². The maximum atomic E-state index is 12.0. The molecule has 7 heteroatoms. The quantitative estimate of drug-likeness (QED) is 0.899. The number of H-pyrrole nitrogens is 1. The third kappa shape index (κ3) is 3.72. The number of halogens is 3. The Hall–Kier alpha value is -2.02. The normalized spacial score (nSPS) is 11.6. The number of hydrogen-bond acceptors (Lipinski definition) is 3. The standard InChI is InChI=1S/C12H12F3N3O/c1-16-7-11-17-6-10(18-11)8-2-4-9(5-3-8)19-12(13,14)15/h2-6,16H,7H2,1H3,(H,17,18). The molecular weight excluding hydrogens is 259 g/mol. The number of imidazole rings is 1. The highest BCUT2D eigenvalue weighted by molar-refractivity contribution is 5.59. The molecule has 2 rings (SSSR count). The average molecular weight is 271 g/mol. The molecule has 0 aliphatic heterocycles. The summed E-state index contributed by atoms with van der Waals surface area (Å²) in [6.45, 7) is 0.593. The molecule has 19 heavy (non-hydrogen) atoms. The zero-order valence-electron chi connectivity index (χ0n) is 10.1. The zero-order valence-corrected chi connectivity index (χ0v) is 10.1. The molecule has 0 amide bonds. The molecule has 0 fully saturated rings. The predicted molar refractivity (Wildman–Crippen MR) is 63.5 cm³/mol. The van der Waals surface area contributed by atoms with Crippen molar-refractivity contribution in [2.45, 2.75) is 12.9 Å². The molecule has 0 aliphatic rings. The highest BCUT2D eigenvalue weighted by Crippen LogP contribution is 2.25. The maximum Gasteiger partial charge on any atom is 0.573 e. The summed E-state index contributed by atoms with van der Waals surface area (Å²) < 4.78 is 39.8. The summed E-state index contributed by atoms with van der Waals surface area (Å²) >= 11 is 0. The Labute approximate surface area is 107 Å². The number of nitrogens with zero attached hydrogens (tertiary/aromatic N) is 1. The number of aromatic nitrogens is 2. The van der Waals surface area contributed by atoms with E-state index in [1.54, 1.807) is 13.2 Å². The summed E-state index contributed by atoms with van der Waals surface area (Å²) in [6.07, 6.45) is -3.04. The number of rotatable bonds is 4. The van der Waals surface area contributed by atoms with Gasteiger partial charge in [0.1, 0.15) is 11.6 Å². The molecule has 4 nitrogen and oxygen atoms in total. The van der Waals surface area contributed by atoms with Crippen LogP contribution in [-0.2, 0) is 6.54 Å². The molecule has 0 atom stereocenters. The molecule has 2 aromatic rings. The van der Waals surface area contributed by atoms with Gasteiger partial charge in [-0.25, -0.2) is 4.98 Å². The number of nitrogens with one attached hydrogen (secondary N) is 2. The second-order valence-electron chi connectivity index (χ2n) is 3.85. The van der Waals surface area contributed by atoms with Gasteiger partial charge in [-0.15, -0.1) is 13.2 Å². The molecule has 0 radical (unpaired) electrons. The fourth-order valence-corrected chi connectivity index (χ4v) is 1.60. The largest absolute Gasteiger partial charge is 0.573 e. The summed E-state index contributed by atoms with van der Waals surface area (Å²) in [5.74, 6) is 0.513. The molecule has 0 unspecified atom stereocenters. The Morgan fingerprint density at radius 2 is 1.95 bits per heavy atom. The van der Waals surface area contributed by atoms with Crippen molar-refractivity contribution in [3.05, 3.63) is 36.3 Å². The van der Waals surface area contributed by atoms with E-state index in [4.69, 9.17) is 0 Å². The second kappa shape index (κ2) is 5.31. The topological polar surface area (TPSA) is 49.9 Å². The van der Waals surface area contributed by atoms with Gasteiger partial charge in [0, 0.05) is 0 Å². The van der Waals surface area contributed by atoms with Crippen LogP contribution in [0.1, 0.15) is 5.82 Å². The molecule has 2 N–H and O–H groups in total. The number of hydrogen-bond donors (Lipinski definition) is 2. The minimum absolute atomic E-state index is 0.244. The molecule has 1 aromatic carbocycles. The molecule has 1 heterocycles. The van der Waals surface area contributed by atoms with Crippen molar-refractivity contribution in [2.24, 2.45) is 0 Å². The molecule has 0 aliphatic carbocycles. The van der Waals surface area contributed by atoms with Gasteiger partial charge in [-0.05, 0) is 36.9 Å². The number of benzene rings is 1. The van der Waals surface area contributed by atoms with Gasteiger partial charge in [-0.3, -0.25) is 0 Å². The summed E-state index contributed by atoms with van der Waals surface area (Å²) in [6, 6.07) is 5.61. The SMILES string of the molecule is CNCc1ncc(-c2ccc(OC(F)(F)F)cc2)[nH]1. The summed E-state index contributed by atoms with van der Waals surface area (Å²) in [7, 11) is 1.80. The molecular formula is C12H12F3N3O. The molecule has 0 spiro atoms. The fourth-order valence-electron chi connectivity index (χ4n) is 1.60. The smallest absolute Gasteiger partial charge is 0.406 e. The van der Waals surface area contributed by atoms with E-state index in [2.05, 4.69) is 20.0 Å². The molecule has 1 aromatic heterocycles. The van der Waals surface area contributed by atoms with Gasteiger partial charge in [0.25, 0.3) is 0 Å². The first-order chi connectivity index (χ1) is 8.98. The van der Waals surface area contributed by atoms with E-state index in [0.717, 1.165) is 17.1 Å². The first-order valence-electron chi connectivity index (χ1n) is 5.52. The van der Waals surface area contributed by atoms with Crippen LogP contribution in [0.15, 0.2) is 30.5 Å². The van der Waals surface area contributed by atoms with Crippen molar-refractivity contribution in [1.82, 2.24) is 15.3 Å². The third-order valence-electron chi connectivity index (χ3n) is 2.37. The van der Waals surface area contributed by atoms with Crippen molar-refractivity contribution in [3.63, 3.8) is 0 Å². The summed E-state index contributed by atoms with van der Waals surface area (Å²) in [5, 5.41) is 2.94. The van der Waals surface area contributed by atoms with Crippen LogP contribution in [0.3, 0.4) is 0 Å². The van der Waals surface area contributed by atoms with Crippen LogP contribution in [0, 0.1) is 0 Å². The van der Waals surface area contributed by atoms with Crippen LogP contribution < -0.4 is 10.1 Å². The molecule has 0 saturated heterocycles. The van der Waals surface area contributed by atoms with Gasteiger partial charge in [-0.1, -0.05) is 0 Å². The van der Waals surface area contributed by atoms with Gasteiger partial charge in [0.05, 0.1) is 18.4 Å². The highest BCUT2D eigenvalue weighted by atomic mass is 19.4. The van der Waals surface area contributed by atoms with Crippen LogP contribution in [0.5, 0.6) is 5.75 Å². The van der Waals surface area contributed by atoms with Gasteiger partial charge in [0.15, 0.2) is 0 Å². The highest BCUT2D eigenvalue weighted by Gasteiger charge is 2.30. The van der Waals surface area contributed by atoms with E-state index < -0.39 is 6.36 Å². The minimum atomic E-state index is -4.67. The Balaban J connectivity index is 2.13. The number of alkyl halides is 3. The minimum Gasteiger partial charge on any atom is -0.406 e. The van der Waals surface area contributed by atoms with Crippen LogP contribution in [0.25, 0.3) is 11.3 Å². The van der Waals surface area contributed by atoms with Crippen LogP contribution in [0.2, 0.25) is 0 Å². The zero-order chi connectivity index (χ0) is 13.9. The Bertz CT molecular complexity index is 534. The van der Waals surface area contributed by atoms with E-state index in [1.165, 1.54) is 24.3 Å². The Morgan fingerprint density at radius 1 is 1.26 bits per heavy atom. The number of ether oxygens (including phenoxy) is 1. The first kappa shape index (κ1) is 13.4. The van der Waals surface area contributed by atoms with Gasteiger partial charge >= 0.3 is 6.36 Å². The van der Waals surface area contributed by atoms with Crippen molar-refractivity contribution in [2.75, 3.05) is 7.05 Å². The molecule has 0 saturated carbocycles. The maximum absolute atomic E-state index is 12.0. The Morgan fingerprint density at radius 3 is 2.53 bits per heavy atom. The summed E-state index contributed by atoms with van der Waals surface area (Å²) in [4.78, 5) is 7.20. The summed E-state index contributed by atoms with van der Waals surface area (Å²) in [5.41, 5.74) is 1.48. The predicted octanol–water partition coefficient (Wildman–Crippen LogP) is 2.69. The van der Waals surface area contributed by atoms with Crippen molar-refractivity contribution in [3.8, 4) is 17.0 Å². The molecule has 102 valence electrons. The van der Waals surface area contributed by atoms with Gasteiger partial charge in [-0.2, -0.15) is 0 Å². The monoisotopic (exact) mass is 271 g/mol.